The molecule has 0 spiro atoms. The van der Waals surface area contributed by atoms with Crippen LogP contribution in [-0.2, 0) is 0 Å². The van der Waals surface area contributed by atoms with Crippen LogP contribution in [0.15, 0.2) is 36.5 Å². The molecule has 1 aliphatic carbocycles. The van der Waals surface area contributed by atoms with Gasteiger partial charge < -0.3 is 0 Å². The van der Waals surface area contributed by atoms with Crippen LogP contribution in [0.2, 0.25) is 0 Å². The van der Waals surface area contributed by atoms with E-state index in [0.717, 1.165) is 11.4 Å². The summed E-state index contributed by atoms with van der Waals surface area (Å²) in [6, 6.07) is 10.9. The van der Waals surface area contributed by atoms with Crippen molar-refractivity contribution in [3.05, 3.63) is 42.1 Å². The SMILES string of the molecule is c1cnc2cc(C3CCCCC3)ccc2c1. The van der Waals surface area contributed by atoms with Crippen molar-refractivity contribution in [1.29, 1.82) is 0 Å². The summed E-state index contributed by atoms with van der Waals surface area (Å²) in [6.45, 7) is 0. The van der Waals surface area contributed by atoms with E-state index in [-0.39, 0.29) is 0 Å². The zero-order chi connectivity index (χ0) is 10.8. The second-order valence-corrected chi connectivity index (χ2v) is 4.79. The molecule has 1 aliphatic rings. The van der Waals surface area contributed by atoms with Gasteiger partial charge in [0.2, 0.25) is 0 Å². The summed E-state index contributed by atoms with van der Waals surface area (Å²) in [6.07, 6.45) is 8.81. The number of aromatic nitrogens is 1. The summed E-state index contributed by atoms with van der Waals surface area (Å²) in [7, 11) is 0. The van der Waals surface area contributed by atoms with Gasteiger partial charge in [-0.25, -0.2) is 0 Å². The van der Waals surface area contributed by atoms with Gasteiger partial charge in [0.15, 0.2) is 0 Å². The van der Waals surface area contributed by atoms with Crippen LogP contribution in [0.4, 0.5) is 0 Å². The minimum atomic E-state index is 0.778. The largest absolute Gasteiger partial charge is 0.256 e. The zero-order valence-corrected chi connectivity index (χ0v) is 9.52. The van der Waals surface area contributed by atoms with Gasteiger partial charge in [0.1, 0.15) is 0 Å². The van der Waals surface area contributed by atoms with Crippen molar-refractivity contribution in [3.8, 4) is 0 Å². The second kappa shape index (κ2) is 4.25. The van der Waals surface area contributed by atoms with Gasteiger partial charge in [-0.05, 0) is 36.5 Å². The normalized spacial score (nSPS) is 17.8. The number of benzene rings is 1. The molecule has 1 nitrogen and oxygen atoms in total. The van der Waals surface area contributed by atoms with Crippen molar-refractivity contribution in [2.24, 2.45) is 0 Å². The van der Waals surface area contributed by atoms with Gasteiger partial charge in [0.05, 0.1) is 5.52 Å². The summed E-state index contributed by atoms with van der Waals surface area (Å²) in [4.78, 5) is 4.44. The standard InChI is InChI=1S/C15H17N/c1-2-5-12(6-3-1)14-9-8-13-7-4-10-16-15(13)11-14/h4,7-12H,1-3,5-6H2. The molecule has 0 radical (unpaired) electrons. The van der Waals surface area contributed by atoms with E-state index in [4.69, 9.17) is 0 Å². The Morgan fingerprint density at radius 3 is 2.75 bits per heavy atom. The zero-order valence-electron chi connectivity index (χ0n) is 9.52. The highest BCUT2D eigenvalue weighted by Gasteiger charge is 2.15. The Bertz CT molecular complexity index is 484. The number of hydrogen-bond acceptors (Lipinski definition) is 1. The Morgan fingerprint density at radius 1 is 1.00 bits per heavy atom. The third-order valence-electron chi connectivity index (χ3n) is 3.71. The van der Waals surface area contributed by atoms with E-state index >= 15 is 0 Å². The van der Waals surface area contributed by atoms with E-state index < -0.39 is 0 Å². The van der Waals surface area contributed by atoms with Gasteiger partial charge in [-0.1, -0.05) is 37.5 Å². The molecular weight excluding hydrogens is 194 g/mol. The Labute approximate surface area is 96.5 Å². The maximum Gasteiger partial charge on any atom is 0.0704 e. The molecule has 0 bridgehead atoms. The predicted octanol–water partition coefficient (Wildman–Crippen LogP) is 4.28. The highest BCUT2D eigenvalue weighted by molar-refractivity contribution is 5.79. The molecule has 82 valence electrons. The topological polar surface area (TPSA) is 12.9 Å². The van der Waals surface area contributed by atoms with Crippen LogP contribution in [0.5, 0.6) is 0 Å². The summed E-state index contributed by atoms with van der Waals surface area (Å²) in [5.41, 5.74) is 2.64. The highest BCUT2D eigenvalue weighted by Crippen LogP contribution is 2.33. The first-order valence-corrected chi connectivity index (χ1v) is 6.28. The molecule has 0 saturated heterocycles. The van der Waals surface area contributed by atoms with E-state index in [0.29, 0.717) is 0 Å². The average molecular weight is 211 g/mol. The van der Waals surface area contributed by atoms with Crippen LogP contribution in [0.3, 0.4) is 0 Å². The molecule has 1 aromatic carbocycles. The minimum Gasteiger partial charge on any atom is -0.256 e. The summed E-state index contributed by atoms with van der Waals surface area (Å²) in [5, 5.41) is 1.25. The maximum absolute atomic E-state index is 4.44. The number of hydrogen-bond donors (Lipinski definition) is 0. The smallest absolute Gasteiger partial charge is 0.0704 e. The molecule has 1 heteroatoms. The monoisotopic (exact) mass is 211 g/mol. The van der Waals surface area contributed by atoms with Crippen molar-refractivity contribution in [1.82, 2.24) is 4.98 Å². The Kier molecular flexibility index (Phi) is 2.61. The fourth-order valence-electron chi connectivity index (χ4n) is 2.77. The van der Waals surface area contributed by atoms with Crippen LogP contribution in [0.1, 0.15) is 43.6 Å². The van der Waals surface area contributed by atoms with E-state index in [1.54, 1.807) is 0 Å². The minimum absolute atomic E-state index is 0.778. The first kappa shape index (κ1) is 9.83. The Balaban J connectivity index is 1.97. The van der Waals surface area contributed by atoms with Crippen LogP contribution in [-0.4, -0.2) is 4.98 Å². The number of fused-ring (bicyclic) bond motifs is 1. The van der Waals surface area contributed by atoms with E-state index in [9.17, 15) is 0 Å². The summed E-state index contributed by atoms with van der Waals surface area (Å²) >= 11 is 0. The molecule has 2 aromatic rings. The van der Waals surface area contributed by atoms with Gasteiger partial charge in [0, 0.05) is 11.6 Å². The average Bonchev–Trinajstić information content (AvgIpc) is 2.39. The van der Waals surface area contributed by atoms with E-state index in [2.05, 4.69) is 29.2 Å². The predicted molar refractivity (Wildman–Crippen MR) is 67.6 cm³/mol. The fourth-order valence-corrected chi connectivity index (χ4v) is 2.77. The van der Waals surface area contributed by atoms with Crippen molar-refractivity contribution < 1.29 is 0 Å². The van der Waals surface area contributed by atoms with Crippen molar-refractivity contribution in [2.45, 2.75) is 38.0 Å². The number of nitrogens with zero attached hydrogens (tertiary/aromatic N) is 1. The van der Waals surface area contributed by atoms with Crippen LogP contribution in [0, 0.1) is 0 Å². The molecule has 0 amide bonds. The lowest BCUT2D eigenvalue weighted by Crippen LogP contribution is -2.04. The molecule has 1 fully saturated rings. The number of rotatable bonds is 1. The fraction of sp³-hybridized carbons (Fsp3) is 0.400. The molecule has 0 atom stereocenters. The molecule has 3 rings (SSSR count). The van der Waals surface area contributed by atoms with Gasteiger partial charge in [-0.15, -0.1) is 0 Å². The summed E-state index contributed by atoms with van der Waals surface area (Å²) < 4.78 is 0. The van der Waals surface area contributed by atoms with Crippen molar-refractivity contribution in [2.75, 3.05) is 0 Å². The third kappa shape index (κ3) is 1.82. The van der Waals surface area contributed by atoms with Crippen LogP contribution in [0.25, 0.3) is 10.9 Å². The molecule has 1 saturated carbocycles. The molecule has 1 heterocycles. The second-order valence-electron chi connectivity index (χ2n) is 4.79. The first-order valence-electron chi connectivity index (χ1n) is 6.28. The van der Waals surface area contributed by atoms with Gasteiger partial charge in [0.25, 0.3) is 0 Å². The molecule has 0 unspecified atom stereocenters. The summed E-state index contributed by atoms with van der Waals surface area (Å²) in [5.74, 6) is 0.778. The van der Waals surface area contributed by atoms with Gasteiger partial charge in [-0.3, -0.25) is 4.98 Å². The lowest BCUT2D eigenvalue weighted by molar-refractivity contribution is 0.444. The first-order chi connectivity index (χ1) is 7.93. The molecular formula is C15H17N. The third-order valence-corrected chi connectivity index (χ3v) is 3.71. The lowest BCUT2D eigenvalue weighted by atomic mass is 9.84. The van der Waals surface area contributed by atoms with Gasteiger partial charge in [-0.2, -0.15) is 0 Å². The van der Waals surface area contributed by atoms with Crippen LogP contribution < -0.4 is 0 Å². The highest BCUT2D eigenvalue weighted by atomic mass is 14.6. The Morgan fingerprint density at radius 2 is 1.88 bits per heavy atom. The quantitative estimate of drug-likeness (QED) is 0.686. The van der Waals surface area contributed by atoms with Gasteiger partial charge >= 0.3 is 0 Å². The molecule has 0 aliphatic heterocycles. The van der Waals surface area contributed by atoms with E-state index in [1.807, 2.05) is 12.3 Å². The lowest BCUT2D eigenvalue weighted by Gasteiger charge is -2.22. The van der Waals surface area contributed by atoms with Crippen molar-refractivity contribution >= 4 is 10.9 Å². The Hall–Kier alpha value is -1.37. The van der Waals surface area contributed by atoms with E-state index in [1.165, 1.54) is 43.1 Å². The van der Waals surface area contributed by atoms with Crippen LogP contribution >= 0.6 is 0 Å². The number of pyridine rings is 1. The maximum atomic E-state index is 4.44. The van der Waals surface area contributed by atoms with Crippen molar-refractivity contribution in [3.63, 3.8) is 0 Å². The molecule has 1 aromatic heterocycles. The molecule has 0 N–H and O–H groups in total. The molecule has 16 heavy (non-hydrogen) atoms.